The second-order valence-corrected chi connectivity index (χ2v) is 6.12. The average molecular weight is 310 g/mol. The highest BCUT2D eigenvalue weighted by molar-refractivity contribution is 7.16. The summed E-state index contributed by atoms with van der Waals surface area (Å²) in [4.78, 5) is 13.0. The van der Waals surface area contributed by atoms with Gasteiger partial charge < -0.3 is 10.1 Å². The van der Waals surface area contributed by atoms with Gasteiger partial charge in [0.15, 0.2) is 0 Å². The van der Waals surface area contributed by atoms with Gasteiger partial charge in [0.1, 0.15) is 0 Å². The van der Waals surface area contributed by atoms with Gasteiger partial charge in [-0.15, -0.1) is 11.3 Å². The predicted molar refractivity (Wildman–Crippen MR) is 82.2 cm³/mol. The standard InChI is InChI=1S/C15H16ClNO2S/c1-19-15(18)13(11-5-3-2-4-6-11)10-17-9-12-7-8-14(16)20-12/h2-8,13,17H,9-10H2,1H3. The van der Waals surface area contributed by atoms with Crippen LogP contribution in [-0.4, -0.2) is 19.6 Å². The SMILES string of the molecule is COC(=O)C(CNCc1ccc(Cl)s1)c1ccccc1. The zero-order valence-corrected chi connectivity index (χ0v) is 12.7. The monoisotopic (exact) mass is 309 g/mol. The molecule has 0 aliphatic carbocycles. The largest absolute Gasteiger partial charge is 0.469 e. The molecule has 0 amide bonds. The number of nitrogens with one attached hydrogen (secondary N) is 1. The van der Waals surface area contributed by atoms with Gasteiger partial charge in [0.05, 0.1) is 17.4 Å². The molecule has 0 bridgehead atoms. The molecule has 20 heavy (non-hydrogen) atoms. The van der Waals surface area contributed by atoms with Gasteiger partial charge in [-0.25, -0.2) is 0 Å². The van der Waals surface area contributed by atoms with Crippen LogP contribution in [0.5, 0.6) is 0 Å². The van der Waals surface area contributed by atoms with E-state index in [4.69, 9.17) is 16.3 Å². The van der Waals surface area contributed by atoms with Crippen molar-refractivity contribution in [3.05, 3.63) is 57.2 Å². The smallest absolute Gasteiger partial charge is 0.314 e. The van der Waals surface area contributed by atoms with Crippen LogP contribution in [0.2, 0.25) is 4.34 Å². The Kier molecular flexibility index (Phi) is 5.59. The fraction of sp³-hybridized carbons (Fsp3) is 0.267. The maximum absolute atomic E-state index is 11.9. The lowest BCUT2D eigenvalue weighted by atomic mass is 9.99. The molecule has 0 radical (unpaired) electrons. The van der Waals surface area contributed by atoms with Crippen LogP contribution in [0.15, 0.2) is 42.5 Å². The van der Waals surface area contributed by atoms with E-state index in [9.17, 15) is 4.79 Å². The lowest BCUT2D eigenvalue weighted by Crippen LogP contribution is -2.27. The molecule has 5 heteroatoms. The van der Waals surface area contributed by atoms with E-state index in [1.807, 2.05) is 42.5 Å². The van der Waals surface area contributed by atoms with Crippen molar-refractivity contribution >= 4 is 28.9 Å². The van der Waals surface area contributed by atoms with E-state index in [1.165, 1.54) is 18.4 Å². The molecule has 2 rings (SSSR count). The first-order valence-corrected chi connectivity index (χ1v) is 7.48. The maximum atomic E-state index is 11.9. The molecule has 1 N–H and O–H groups in total. The van der Waals surface area contributed by atoms with Crippen LogP contribution < -0.4 is 5.32 Å². The van der Waals surface area contributed by atoms with Crippen molar-refractivity contribution in [2.24, 2.45) is 0 Å². The number of methoxy groups -OCH3 is 1. The minimum Gasteiger partial charge on any atom is -0.469 e. The van der Waals surface area contributed by atoms with E-state index in [2.05, 4.69) is 5.32 Å². The maximum Gasteiger partial charge on any atom is 0.314 e. The van der Waals surface area contributed by atoms with E-state index in [0.29, 0.717) is 13.1 Å². The number of hydrogen-bond donors (Lipinski definition) is 1. The van der Waals surface area contributed by atoms with Gasteiger partial charge in [-0.05, 0) is 17.7 Å². The molecule has 0 saturated heterocycles. The number of halogens is 1. The number of esters is 1. The van der Waals surface area contributed by atoms with Crippen molar-refractivity contribution in [1.29, 1.82) is 0 Å². The second kappa shape index (κ2) is 7.43. The van der Waals surface area contributed by atoms with Crippen LogP contribution in [0.4, 0.5) is 0 Å². The van der Waals surface area contributed by atoms with Gasteiger partial charge >= 0.3 is 5.97 Å². The minimum atomic E-state index is -0.295. The summed E-state index contributed by atoms with van der Waals surface area (Å²) in [5.41, 5.74) is 0.955. The zero-order chi connectivity index (χ0) is 14.4. The van der Waals surface area contributed by atoms with Gasteiger partial charge in [0.2, 0.25) is 0 Å². The summed E-state index contributed by atoms with van der Waals surface area (Å²) in [7, 11) is 1.41. The summed E-state index contributed by atoms with van der Waals surface area (Å²) in [6, 6.07) is 13.5. The Balaban J connectivity index is 1.96. The summed E-state index contributed by atoms with van der Waals surface area (Å²) < 4.78 is 5.65. The van der Waals surface area contributed by atoms with Crippen LogP contribution in [0, 0.1) is 0 Å². The number of carbonyl (C=O) groups is 1. The van der Waals surface area contributed by atoms with Gasteiger partial charge in [-0.1, -0.05) is 41.9 Å². The van der Waals surface area contributed by atoms with Crippen LogP contribution in [0.25, 0.3) is 0 Å². The molecule has 1 unspecified atom stereocenters. The Morgan fingerprint density at radius 3 is 2.65 bits per heavy atom. The Morgan fingerprint density at radius 2 is 2.05 bits per heavy atom. The molecule has 2 aromatic rings. The van der Waals surface area contributed by atoms with Gasteiger partial charge in [0.25, 0.3) is 0 Å². The molecule has 1 aromatic carbocycles. The summed E-state index contributed by atoms with van der Waals surface area (Å²) in [6.45, 7) is 1.23. The Bertz CT molecular complexity index is 556. The molecule has 0 aliphatic heterocycles. The van der Waals surface area contributed by atoms with E-state index in [1.54, 1.807) is 0 Å². The summed E-state index contributed by atoms with van der Waals surface area (Å²) in [5.74, 6) is -0.524. The topological polar surface area (TPSA) is 38.3 Å². The van der Waals surface area contributed by atoms with E-state index in [0.717, 1.165) is 14.8 Å². The molecule has 3 nitrogen and oxygen atoms in total. The lowest BCUT2D eigenvalue weighted by Gasteiger charge is -2.15. The van der Waals surface area contributed by atoms with Gasteiger partial charge in [0, 0.05) is 18.0 Å². The number of ether oxygens (including phenoxy) is 1. The van der Waals surface area contributed by atoms with E-state index in [-0.39, 0.29) is 11.9 Å². The zero-order valence-electron chi connectivity index (χ0n) is 11.1. The van der Waals surface area contributed by atoms with Crippen molar-refractivity contribution < 1.29 is 9.53 Å². The Morgan fingerprint density at radius 1 is 1.30 bits per heavy atom. The molecule has 0 spiro atoms. The van der Waals surface area contributed by atoms with Crippen molar-refractivity contribution in [2.45, 2.75) is 12.5 Å². The van der Waals surface area contributed by atoms with E-state index >= 15 is 0 Å². The summed E-state index contributed by atoms with van der Waals surface area (Å²) >= 11 is 7.42. The predicted octanol–water partition coefficient (Wildman–Crippen LogP) is 3.45. The number of benzene rings is 1. The molecule has 1 atom stereocenters. The van der Waals surface area contributed by atoms with Crippen LogP contribution in [0.1, 0.15) is 16.4 Å². The van der Waals surface area contributed by atoms with Gasteiger partial charge in [-0.3, -0.25) is 4.79 Å². The Hall–Kier alpha value is -1.36. The van der Waals surface area contributed by atoms with E-state index < -0.39 is 0 Å². The quantitative estimate of drug-likeness (QED) is 0.831. The number of hydrogen-bond acceptors (Lipinski definition) is 4. The van der Waals surface area contributed by atoms with Crippen LogP contribution in [-0.2, 0) is 16.1 Å². The minimum absolute atomic E-state index is 0.229. The third-order valence-corrected chi connectivity index (χ3v) is 4.20. The first kappa shape index (κ1) is 15.0. The van der Waals surface area contributed by atoms with Crippen LogP contribution >= 0.6 is 22.9 Å². The first-order chi connectivity index (χ1) is 9.70. The number of thiophene rings is 1. The average Bonchev–Trinajstić information content (AvgIpc) is 2.89. The molecule has 0 saturated carbocycles. The fourth-order valence-corrected chi connectivity index (χ4v) is 3.01. The lowest BCUT2D eigenvalue weighted by molar-refractivity contribution is -0.142. The molecule has 106 valence electrons. The highest BCUT2D eigenvalue weighted by atomic mass is 35.5. The van der Waals surface area contributed by atoms with Crippen molar-refractivity contribution in [3.63, 3.8) is 0 Å². The van der Waals surface area contributed by atoms with Crippen molar-refractivity contribution in [3.8, 4) is 0 Å². The van der Waals surface area contributed by atoms with Crippen molar-refractivity contribution in [1.82, 2.24) is 5.32 Å². The fourth-order valence-electron chi connectivity index (χ4n) is 1.95. The second-order valence-electron chi connectivity index (χ2n) is 4.32. The van der Waals surface area contributed by atoms with Crippen LogP contribution in [0.3, 0.4) is 0 Å². The number of rotatable bonds is 6. The summed E-state index contributed by atoms with van der Waals surface area (Å²) in [5, 5.41) is 3.28. The first-order valence-electron chi connectivity index (χ1n) is 6.28. The highest BCUT2D eigenvalue weighted by Gasteiger charge is 2.20. The molecular weight excluding hydrogens is 294 g/mol. The molecule has 0 fully saturated rings. The summed E-state index contributed by atoms with van der Waals surface area (Å²) in [6.07, 6.45) is 0. The molecule has 1 heterocycles. The van der Waals surface area contributed by atoms with Crippen molar-refractivity contribution in [2.75, 3.05) is 13.7 Å². The third-order valence-electron chi connectivity index (χ3n) is 2.96. The Labute approximate surface area is 127 Å². The normalized spacial score (nSPS) is 12.1. The number of carbonyl (C=O) groups excluding carboxylic acids is 1. The molecular formula is C15H16ClNO2S. The molecule has 0 aliphatic rings. The molecule has 1 aromatic heterocycles. The highest BCUT2D eigenvalue weighted by Crippen LogP contribution is 2.21. The third kappa shape index (κ3) is 4.07. The van der Waals surface area contributed by atoms with Gasteiger partial charge in [-0.2, -0.15) is 0 Å².